The number of anilines is 3. The van der Waals surface area contributed by atoms with Crippen molar-refractivity contribution in [1.82, 2.24) is 15.0 Å². The van der Waals surface area contributed by atoms with Crippen LogP contribution in [0, 0.1) is 5.92 Å². The van der Waals surface area contributed by atoms with Crippen LogP contribution in [0.1, 0.15) is 25.6 Å². The van der Waals surface area contributed by atoms with Gasteiger partial charge >= 0.3 is 5.97 Å². The van der Waals surface area contributed by atoms with Crippen LogP contribution in [0.4, 0.5) is 17.6 Å². The Bertz CT molecular complexity index is 740. The molecule has 0 spiro atoms. The minimum atomic E-state index is -0.105. The molecule has 26 heavy (non-hydrogen) atoms. The fourth-order valence-corrected chi connectivity index (χ4v) is 3.22. The molecule has 1 fully saturated rings. The van der Waals surface area contributed by atoms with Gasteiger partial charge < -0.3 is 20.7 Å². The Morgan fingerprint density at radius 2 is 2.12 bits per heavy atom. The summed E-state index contributed by atoms with van der Waals surface area (Å²) in [5.41, 5.74) is 6.73. The topological polar surface area (TPSA) is 107 Å². The van der Waals surface area contributed by atoms with E-state index < -0.39 is 0 Å². The molecule has 4 N–H and O–H groups in total. The van der Waals surface area contributed by atoms with E-state index in [1.165, 1.54) is 4.90 Å². The third-order valence-electron chi connectivity index (χ3n) is 4.37. The molecule has 0 radical (unpaired) electrons. The number of aromatic nitrogens is 3. The summed E-state index contributed by atoms with van der Waals surface area (Å²) in [7, 11) is 0. The SMILES string of the molecule is CCOC(=O)[C@@H]1CCC[NH+](Cc2nc(N)nc(Nc3ccccc3)n2)C1. The quantitative estimate of drug-likeness (QED) is 0.648. The minimum absolute atomic E-state index is 0.0557. The lowest BCUT2D eigenvalue weighted by Crippen LogP contribution is -3.12. The van der Waals surface area contributed by atoms with Gasteiger partial charge in [-0.25, -0.2) is 0 Å². The maximum absolute atomic E-state index is 12.0. The Balaban J connectivity index is 1.66. The van der Waals surface area contributed by atoms with Gasteiger partial charge in [0.05, 0.1) is 19.7 Å². The highest BCUT2D eigenvalue weighted by molar-refractivity contribution is 5.72. The Morgan fingerprint density at radius 1 is 1.31 bits per heavy atom. The number of rotatable bonds is 6. The number of quaternary nitrogens is 1. The molecule has 8 nitrogen and oxygen atoms in total. The Morgan fingerprint density at radius 3 is 2.88 bits per heavy atom. The number of benzene rings is 1. The number of likely N-dealkylation sites (tertiary alicyclic amines) is 1. The number of nitrogens with one attached hydrogen (secondary N) is 2. The summed E-state index contributed by atoms with van der Waals surface area (Å²) in [6.45, 7) is 4.56. The van der Waals surface area contributed by atoms with Crippen molar-refractivity contribution in [2.45, 2.75) is 26.3 Å². The number of ether oxygens (including phenoxy) is 1. The van der Waals surface area contributed by atoms with E-state index in [2.05, 4.69) is 20.3 Å². The van der Waals surface area contributed by atoms with Crippen LogP contribution < -0.4 is 16.0 Å². The molecule has 2 heterocycles. The number of esters is 1. The van der Waals surface area contributed by atoms with Crippen LogP contribution in [-0.4, -0.2) is 40.6 Å². The average molecular weight is 357 g/mol. The van der Waals surface area contributed by atoms with Crippen LogP contribution in [-0.2, 0) is 16.1 Å². The number of carbonyl (C=O) groups is 1. The van der Waals surface area contributed by atoms with E-state index in [-0.39, 0.29) is 17.8 Å². The van der Waals surface area contributed by atoms with Gasteiger partial charge in [-0.3, -0.25) is 4.79 Å². The first-order valence-corrected chi connectivity index (χ1v) is 8.96. The van der Waals surface area contributed by atoms with Crippen molar-refractivity contribution in [2.75, 3.05) is 30.7 Å². The standard InChI is InChI=1S/C18H24N6O2/c1-2-26-16(25)13-7-6-10-24(11-13)12-15-21-17(19)23-18(22-15)20-14-8-4-3-5-9-14/h3-5,8-9,13H,2,6-7,10-12H2,1H3,(H3,19,20,21,22,23)/p+1/t13-/m1/s1. The molecule has 1 unspecified atom stereocenters. The van der Waals surface area contributed by atoms with E-state index in [0.717, 1.165) is 31.6 Å². The molecule has 1 aliphatic rings. The van der Waals surface area contributed by atoms with Crippen molar-refractivity contribution < 1.29 is 14.4 Å². The normalized spacial score (nSPS) is 19.7. The Hall–Kier alpha value is -2.74. The highest BCUT2D eigenvalue weighted by Crippen LogP contribution is 2.13. The minimum Gasteiger partial charge on any atom is -0.466 e. The summed E-state index contributed by atoms with van der Waals surface area (Å²) in [5.74, 6) is 1.07. The number of hydrogen-bond donors (Lipinski definition) is 3. The molecule has 0 amide bonds. The molecule has 138 valence electrons. The summed E-state index contributed by atoms with van der Waals surface area (Å²) >= 11 is 0. The molecule has 3 rings (SSSR count). The van der Waals surface area contributed by atoms with Crippen LogP contribution in [0.5, 0.6) is 0 Å². The zero-order valence-electron chi connectivity index (χ0n) is 14.9. The number of piperidine rings is 1. The highest BCUT2D eigenvalue weighted by Gasteiger charge is 2.30. The second kappa shape index (κ2) is 8.57. The average Bonchev–Trinajstić information content (AvgIpc) is 2.62. The van der Waals surface area contributed by atoms with E-state index in [1.54, 1.807) is 0 Å². The van der Waals surface area contributed by atoms with E-state index in [4.69, 9.17) is 10.5 Å². The molecular weight excluding hydrogens is 332 g/mol. The first kappa shape index (κ1) is 18.1. The number of para-hydroxylation sites is 1. The van der Waals surface area contributed by atoms with Crippen LogP contribution in [0.25, 0.3) is 0 Å². The zero-order chi connectivity index (χ0) is 18.4. The predicted octanol–water partition coefficient (Wildman–Crippen LogP) is 0.555. The second-order valence-electron chi connectivity index (χ2n) is 6.40. The fraction of sp³-hybridized carbons (Fsp3) is 0.444. The van der Waals surface area contributed by atoms with Gasteiger partial charge in [0.15, 0.2) is 5.82 Å². The van der Waals surface area contributed by atoms with Crippen LogP contribution in [0.3, 0.4) is 0 Å². The summed E-state index contributed by atoms with van der Waals surface area (Å²) in [6.07, 6.45) is 1.86. The van der Waals surface area contributed by atoms with Crippen molar-refractivity contribution in [3.8, 4) is 0 Å². The first-order chi connectivity index (χ1) is 12.6. The summed E-state index contributed by atoms with van der Waals surface area (Å²) in [5, 5.41) is 3.14. The van der Waals surface area contributed by atoms with Gasteiger partial charge in [-0.2, -0.15) is 15.0 Å². The van der Waals surface area contributed by atoms with Crippen LogP contribution >= 0.6 is 0 Å². The van der Waals surface area contributed by atoms with Gasteiger partial charge in [-0.1, -0.05) is 18.2 Å². The van der Waals surface area contributed by atoms with Crippen molar-refractivity contribution >= 4 is 23.6 Å². The van der Waals surface area contributed by atoms with E-state index >= 15 is 0 Å². The number of carbonyl (C=O) groups excluding carboxylic acids is 1. The highest BCUT2D eigenvalue weighted by atomic mass is 16.5. The number of hydrogen-bond acceptors (Lipinski definition) is 7. The first-order valence-electron chi connectivity index (χ1n) is 8.96. The molecule has 2 aromatic rings. The summed E-state index contributed by atoms with van der Waals surface area (Å²) < 4.78 is 5.16. The molecule has 1 aliphatic heterocycles. The van der Waals surface area contributed by atoms with Gasteiger partial charge in [0, 0.05) is 5.69 Å². The number of nitrogen functional groups attached to an aromatic ring is 1. The van der Waals surface area contributed by atoms with Crippen molar-refractivity contribution in [1.29, 1.82) is 0 Å². The monoisotopic (exact) mass is 357 g/mol. The third-order valence-corrected chi connectivity index (χ3v) is 4.37. The van der Waals surface area contributed by atoms with E-state index in [1.807, 2.05) is 37.3 Å². The number of nitrogens with zero attached hydrogens (tertiary/aromatic N) is 3. The molecule has 0 aliphatic carbocycles. The molecule has 1 aromatic carbocycles. The van der Waals surface area contributed by atoms with Crippen LogP contribution in [0.15, 0.2) is 30.3 Å². The maximum atomic E-state index is 12.0. The largest absolute Gasteiger partial charge is 0.466 e. The molecule has 2 atom stereocenters. The van der Waals surface area contributed by atoms with Gasteiger partial charge in [-0.15, -0.1) is 0 Å². The number of nitrogens with two attached hydrogens (primary N) is 1. The molecular formula is C18H25N6O2+. The van der Waals surface area contributed by atoms with Gasteiger partial charge in [0.1, 0.15) is 12.5 Å². The van der Waals surface area contributed by atoms with Gasteiger partial charge in [-0.05, 0) is 31.9 Å². The molecule has 0 saturated carbocycles. The second-order valence-corrected chi connectivity index (χ2v) is 6.40. The van der Waals surface area contributed by atoms with Crippen molar-refractivity contribution in [3.63, 3.8) is 0 Å². The lowest BCUT2D eigenvalue weighted by molar-refractivity contribution is -0.921. The predicted molar refractivity (Wildman–Crippen MR) is 97.7 cm³/mol. The third kappa shape index (κ3) is 4.89. The Labute approximate surface area is 152 Å². The molecule has 0 bridgehead atoms. The summed E-state index contributed by atoms with van der Waals surface area (Å²) in [6, 6.07) is 9.67. The lowest BCUT2D eigenvalue weighted by atomic mass is 9.98. The van der Waals surface area contributed by atoms with Gasteiger partial charge in [0.25, 0.3) is 0 Å². The lowest BCUT2D eigenvalue weighted by Gasteiger charge is -2.28. The summed E-state index contributed by atoms with van der Waals surface area (Å²) in [4.78, 5) is 26.1. The molecule has 1 saturated heterocycles. The Kier molecular flexibility index (Phi) is 5.96. The smallest absolute Gasteiger partial charge is 0.314 e. The fourth-order valence-electron chi connectivity index (χ4n) is 3.22. The van der Waals surface area contributed by atoms with Crippen molar-refractivity contribution in [2.24, 2.45) is 5.92 Å². The molecule has 8 heteroatoms. The zero-order valence-corrected chi connectivity index (χ0v) is 14.9. The van der Waals surface area contributed by atoms with Gasteiger partial charge in [0.2, 0.25) is 11.9 Å². The molecule has 1 aromatic heterocycles. The van der Waals surface area contributed by atoms with Crippen LogP contribution in [0.2, 0.25) is 0 Å². The maximum Gasteiger partial charge on any atom is 0.314 e. The van der Waals surface area contributed by atoms with E-state index in [9.17, 15) is 4.79 Å². The van der Waals surface area contributed by atoms with E-state index in [0.29, 0.717) is 24.9 Å². The van der Waals surface area contributed by atoms with Crippen molar-refractivity contribution in [3.05, 3.63) is 36.2 Å².